The van der Waals surface area contributed by atoms with Crippen molar-refractivity contribution in [2.45, 2.75) is 19.8 Å². The molecule has 0 bridgehead atoms. The first-order valence-electron chi connectivity index (χ1n) is 8.65. The first kappa shape index (κ1) is 17.8. The van der Waals surface area contributed by atoms with E-state index in [9.17, 15) is 9.59 Å². The molecule has 7 heteroatoms. The SMILES string of the molecule is COC(=O)c1cccc(Nc2ccc(C(=O)N3CCCC(C)C3)nn2)c1. The minimum absolute atomic E-state index is 0.0803. The molecule has 0 aliphatic carbocycles. The first-order chi connectivity index (χ1) is 12.6. The standard InChI is InChI=1S/C19H22N4O3/c1-13-5-4-10-23(12-13)18(24)16-8-9-17(22-21-16)20-15-7-3-6-14(11-15)19(25)26-2/h3,6-9,11,13H,4-5,10,12H2,1-2H3,(H,20,22). The van der Waals surface area contributed by atoms with Gasteiger partial charge in [-0.2, -0.15) is 0 Å². The van der Waals surface area contributed by atoms with Crippen LogP contribution in [0.2, 0.25) is 0 Å². The smallest absolute Gasteiger partial charge is 0.337 e. The van der Waals surface area contributed by atoms with E-state index in [1.807, 2.05) is 11.0 Å². The van der Waals surface area contributed by atoms with E-state index in [2.05, 4.69) is 22.4 Å². The van der Waals surface area contributed by atoms with Gasteiger partial charge in [0.05, 0.1) is 12.7 Å². The fraction of sp³-hybridized carbons (Fsp3) is 0.368. The first-order valence-corrected chi connectivity index (χ1v) is 8.65. The Morgan fingerprint density at radius 3 is 2.77 bits per heavy atom. The summed E-state index contributed by atoms with van der Waals surface area (Å²) in [7, 11) is 1.34. The van der Waals surface area contributed by atoms with Crippen LogP contribution in [0.5, 0.6) is 0 Å². The van der Waals surface area contributed by atoms with Crippen LogP contribution in [0, 0.1) is 5.92 Å². The van der Waals surface area contributed by atoms with Crippen LogP contribution in [0.25, 0.3) is 0 Å². The fourth-order valence-corrected chi connectivity index (χ4v) is 3.04. The highest BCUT2D eigenvalue weighted by Gasteiger charge is 2.23. The highest BCUT2D eigenvalue weighted by molar-refractivity contribution is 5.92. The molecule has 26 heavy (non-hydrogen) atoms. The van der Waals surface area contributed by atoms with Crippen molar-refractivity contribution < 1.29 is 14.3 Å². The highest BCUT2D eigenvalue weighted by Crippen LogP contribution is 2.19. The van der Waals surface area contributed by atoms with Crippen molar-refractivity contribution in [1.29, 1.82) is 0 Å². The van der Waals surface area contributed by atoms with E-state index < -0.39 is 5.97 Å². The van der Waals surface area contributed by atoms with E-state index in [1.54, 1.807) is 30.3 Å². The number of carbonyl (C=O) groups is 2. The second-order valence-corrected chi connectivity index (χ2v) is 6.50. The molecule has 1 unspecified atom stereocenters. The Balaban J connectivity index is 1.68. The third-order valence-corrected chi connectivity index (χ3v) is 4.38. The number of piperidine rings is 1. The number of nitrogens with zero attached hydrogens (tertiary/aromatic N) is 3. The minimum Gasteiger partial charge on any atom is -0.465 e. The Morgan fingerprint density at radius 1 is 1.23 bits per heavy atom. The minimum atomic E-state index is -0.406. The van der Waals surface area contributed by atoms with Crippen LogP contribution in [-0.2, 0) is 4.74 Å². The van der Waals surface area contributed by atoms with Gasteiger partial charge in [0.25, 0.3) is 5.91 Å². The molecule has 7 nitrogen and oxygen atoms in total. The number of aromatic nitrogens is 2. The number of likely N-dealkylation sites (tertiary alicyclic amines) is 1. The summed E-state index contributed by atoms with van der Waals surface area (Å²) < 4.78 is 4.71. The van der Waals surface area contributed by atoms with Crippen molar-refractivity contribution in [3.05, 3.63) is 47.7 Å². The summed E-state index contributed by atoms with van der Waals surface area (Å²) in [6, 6.07) is 10.3. The van der Waals surface area contributed by atoms with E-state index in [0.29, 0.717) is 28.7 Å². The lowest BCUT2D eigenvalue weighted by Crippen LogP contribution is -2.39. The zero-order chi connectivity index (χ0) is 18.5. The number of methoxy groups -OCH3 is 1. The van der Waals surface area contributed by atoms with Crippen molar-refractivity contribution >= 4 is 23.4 Å². The molecule has 3 rings (SSSR count). The number of rotatable bonds is 4. The van der Waals surface area contributed by atoms with Gasteiger partial charge in [-0.1, -0.05) is 13.0 Å². The summed E-state index contributed by atoms with van der Waals surface area (Å²) in [5.74, 6) is 0.527. The van der Waals surface area contributed by atoms with E-state index in [-0.39, 0.29) is 5.91 Å². The van der Waals surface area contributed by atoms with Gasteiger partial charge < -0.3 is 15.0 Å². The number of benzene rings is 1. The lowest BCUT2D eigenvalue weighted by atomic mass is 10.00. The van der Waals surface area contributed by atoms with Gasteiger partial charge >= 0.3 is 5.97 Å². The average Bonchev–Trinajstić information content (AvgIpc) is 2.67. The Labute approximate surface area is 152 Å². The third kappa shape index (κ3) is 4.17. The summed E-state index contributed by atoms with van der Waals surface area (Å²) >= 11 is 0. The maximum atomic E-state index is 12.5. The average molecular weight is 354 g/mol. The summed E-state index contributed by atoms with van der Waals surface area (Å²) in [5, 5.41) is 11.2. The Kier molecular flexibility index (Phi) is 5.46. The molecule has 1 aromatic heterocycles. The number of amides is 1. The maximum absolute atomic E-state index is 12.5. The summed E-state index contributed by atoms with van der Waals surface area (Å²) in [4.78, 5) is 25.9. The molecule has 1 aromatic carbocycles. The molecule has 0 saturated carbocycles. The Bertz CT molecular complexity index is 792. The van der Waals surface area contributed by atoms with Crippen LogP contribution < -0.4 is 5.32 Å². The van der Waals surface area contributed by atoms with Crippen LogP contribution in [-0.4, -0.2) is 47.2 Å². The van der Waals surface area contributed by atoms with E-state index in [1.165, 1.54) is 7.11 Å². The van der Waals surface area contributed by atoms with Crippen LogP contribution in [0.15, 0.2) is 36.4 Å². The highest BCUT2D eigenvalue weighted by atomic mass is 16.5. The van der Waals surface area contributed by atoms with Crippen molar-refractivity contribution in [3.63, 3.8) is 0 Å². The number of nitrogens with one attached hydrogen (secondary N) is 1. The van der Waals surface area contributed by atoms with Gasteiger partial charge in [0, 0.05) is 18.8 Å². The summed E-state index contributed by atoms with van der Waals surface area (Å²) in [5.41, 5.74) is 1.47. The van der Waals surface area contributed by atoms with Gasteiger partial charge in [0.1, 0.15) is 0 Å². The normalized spacial score (nSPS) is 16.8. The molecule has 1 N–H and O–H groups in total. The monoisotopic (exact) mass is 354 g/mol. The molecular formula is C19H22N4O3. The number of esters is 1. The van der Waals surface area contributed by atoms with E-state index in [0.717, 1.165) is 25.9 Å². The molecule has 1 aliphatic rings. The fourth-order valence-electron chi connectivity index (χ4n) is 3.04. The molecule has 1 aliphatic heterocycles. The molecule has 1 atom stereocenters. The molecule has 2 heterocycles. The second kappa shape index (κ2) is 7.95. The van der Waals surface area contributed by atoms with Crippen LogP contribution in [0.3, 0.4) is 0 Å². The second-order valence-electron chi connectivity index (χ2n) is 6.50. The predicted molar refractivity (Wildman–Crippen MR) is 97.4 cm³/mol. The van der Waals surface area contributed by atoms with Crippen molar-refractivity contribution in [2.24, 2.45) is 5.92 Å². The van der Waals surface area contributed by atoms with Gasteiger partial charge in [-0.3, -0.25) is 4.79 Å². The zero-order valence-electron chi connectivity index (χ0n) is 14.9. The molecular weight excluding hydrogens is 332 g/mol. The molecule has 0 spiro atoms. The predicted octanol–water partition coefficient (Wildman–Crippen LogP) is 2.88. The van der Waals surface area contributed by atoms with Crippen molar-refractivity contribution in [1.82, 2.24) is 15.1 Å². The molecule has 2 aromatic rings. The Morgan fingerprint density at radius 2 is 2.08 bits per heavy atom. The number of carbonyl (C=O) groups excluding carboxylic acids is 2. The summed E-state index contributed by atoms with van der Waals surface area (Å²) in [6.45, 7) is 3.69. The number of hydrogen-bond acceptors (Lipinski definition) is 6. The van der Waals surface area contributed by atoms with Crippen molar-refractivity contribution in [2.75, 3.05) is 25.5 Å². The summed E-state index contributed by atoms with van der Waals surface area (Å²) in [6.07, 6.45) is 2.18. The number of hydrogen-bond donors (Lipinski definition) is 1. The topological polar surface area (TPSA) is 84.4 Å². The zero-order valence-corrected chi connectivity index (χ0v) is 14.9. The van der Waals surface area contributed by atoms with Gasteiger partial charge in [-0.15, -0.1) is 10.2 Å². The van der Waals surface area contributed by atoms with Crippen LogP contribution in [0.1, 0.15) is 40.6 Å². The molecule has 1 amide bonds. The van der Waals surface area contributed by atoms with Gasteiger partial charge in [0.15, 0.2) is 11.5 Å². The largest absolute Gasteiger partial charge is 0.465 e. The molecule has 136 valence electrons. The lowest BCUT2D eigenvalue weighted by molar-refractivity contribution is 0.0600. The van der Waals surface area contributed by atoms with E-state index in [4.69, 9.17) is 4.74 Å². The third-order valence-electron chi connectivity index (χ3n) is 4.38. The number of ether oxygens (including phenoxy) is 1. The number of anilines is 2. The maximum Gasteiger partial charge on any atom is 0.337 e. The Hall–Kier alpha value is -2.96. The van der Waals surface area contributed by atoms with Crippen LogP contribution >= 0.6 is 0 Å². The van der Waals surface area contributed by atoms with Gasteiger partial charge in [-0.05, 0) is 49.1 Å². The van der Waals surface area contributed by atoms with E-state index >= 15 is 0 Å². The van der Waals surface area contributed by atoms with Crippen molar-refractivity contribution in [3.8, 4) is 0 Å². The molecule has 1 fully saturated rings. The lowest BCUT2D eigenvalue weighted by Gasteiger charge is -2.30. The molecule has 0 radical (unpaired) electrons. The van der Waals surface area contributed by atoms with Crippen LogP contribution in [0.4, 0.5) is 11.5 Å². The molecule has 1 saturated heterocycles. The van der Waals surface area contributed by atoms with Gasteiger partial charge in [0.2, 0.25) is 0 Å². The quantitative estimate of drug-likeness (QED) is 0.850. The van der Waals surface area contributed by atoms with Gasteiger partial charge in [-0.25, -0.2) is 4.79 Å².